The Bertz CT molecular complexity index is 628. The summed E-state index contributed by atoms with van der Waals surface area (Å²) in [5.41, 5.74) is 4.34. The quantitative estimate of drug-likeness (QED) is 0.512. The summed E-state index contributed by atoms with van der Waals surface area (Å²) in [6.07, 6.45) is 0. The molecule has 2 aromatic rings. The van der Waals surface area contributed by atoms with Gasteiger partial charge in [-0.05, 0) is 31.6 Å². The van der Waals surface area contributed by atoms with Gasteiger partial charge in [-0.2, -0.15) is 0 Å². The van der Waals surface area contributed by atoms with Crippen molar-refractivity contribution in [3.05, 3.63) is 47.5 Å². The number of Topliss-reactive ketones (excluding diaryl/α,β-unsaturated/α-hetero) is 1. The van der Waals surface area contributed by atoms with E-state index in [1.807, 2.05) is 30.3 Å². The fourth-order valence-corrected chi connectivity index (χ4v) is 1.60. The highest BCUT2D eigenvalue weighted by Crippen LogP contribution is 2.18. The summed E-state index contributed by atoms with van der Waals surface area (Å²) in [5, 5.41) is 7.66. The van der Waals surface area contributed by atoms with Gasteiger partial charge < -0.3 is 4.42 Å². The van der Waals surface area contributed by atoms with E-state index < -0.39 is 5.78 Å². The number of hydroxylamine groups is 1. The topological polar surface area (TPSA) is 77.2 Å². The van der Waals surface area contributed by atoms with Gasteiger partial charge in [-0.1, -0.05) is 18.2 Å². The van der Waals surface area contributed by atoms with Gasteiger partial charge in [0.15, 0.2) is 0 Å². The minimum Gasteiger partial charge on any atom is -0.413 e. The highest BCUT2D eigenvalue weighted by molar-refractivity contribution is 6.05. The Labute approximate surface area is 116 Å². The first-order chi connectivity index (χ1) is 9.63. The number of hydrogen-bond acceptors (Lipinski definition) is 6. The van der Waals surface area contributed by atoms with Crippen LogP contribution in [0, 0.1) is 0 Å². The first kappa shape index (κ1) is 14.0. The third kappa shape index (κ3) is 2.92. The van der Waals surface area contributed by atoms with Gasteiger partial charge >= 0.3 is 0 Å². The average Bonchev–Trinajstić information content (AvgIpc) is 2.94. The third-order valence-corrected chi connectivity index (χ3v) is 2.57. The number of rotatable bonds is 5. The van der Waals surface area contributed by atoms with Crippen LogP contribution < -0.4 is 5.48 Å². The van der Waals surface area contributed by atoms with Crippen LogP contribution in [0.1, 0.15) is 24.5 Å². The standard InChI is InChI=1S/C14H15N3O3/c1-9(2)11(17-19-3)12(18)14-16-15-13(20-14)10-7-5-4-6-8-10/h4-8,17H,1-3H3. The summed E-state index contributed by atoms with van der Waals surface area (Å²) in [7, 11) is 1.43. The van der Waals surface area contributed by atoms with Crippen molar-refractivity contribution in [3.63, 3.8) is 0 Å². The first-order valence-electron chi connectivity index (χ1n) is 6.03. The summed E-state index contributed by atoms with van der Waals surface area (Å²) in [6.45, 7) is 3.57. The van der Waals surface area contributed by atoms with Crippen molar-refractivity contribution in [2.24, 2.45) is 0 Å². The van der Waals surface area contributed by atoms with Gasteiger partial charge in [0.1, 0.15) is 5.70 Å². The number of aromatic nitrogens is 2. The lowest BCUT2D eigenvalue weighted by atomic mass is 10.2. The van der Waals surface area contributed by atoms with Gasteiger partial charge in [-0.25, -0.2) is 0 Å². The predicted molar refractivity (Wildman–Crippen MR) is 72.6 cm³/mol. The van der Waals surface area contributed by atoms with Gasteiger partial charge in [-0.3, -0.25) is 15.1 Å². The Hall–Kier alpha value is -2.47. The van der Waals surface area contributed by atoms with Crippen molar-refractivity contribution in [1.82, 2.24) is 15.7 Å². The monoisotopic (exact) mass is 273 g/mol. The molecule has 1 aromatic heterocycles. The van der Waals surface area contributed by atoms with E-state index in [4.69, 9.17) is 9.25 Å². The number of carbonyl (C=O) groups excluding carboxylic acids is 1. The zero-order chi connectivity index (χ0) is 14.5. The van der Waals surface area contributed by atoms with Gasteiger partial charge in [-0.15, -0.1) is 10.2 Å². The third-order valence-electron chi connectivity index (χ3n) is 2.57. The first-order valence-corrected chi connectivity index (χ1v) is 6.03. The highest BCUT2D eigenvalue weighted by Gasteiger charge is 2.21. The van der Waals surface area contributed by atoms with Crippen molar-refractivity contribution < 1.29 is 14.0 Å². The largest absolute Gasteiger partial charge is 0.413 e. The summed E-state index contributed by atoms with van der Waals surface area (Å²) < 4.78 is 5.41. The molecule has 0 saturated carbocycles. The molecule has 6 nitrogen and oxygen atoms in total. The fourth-order valence-electron chi connectivity index (χ4n) is 1.60. The predicted octanol–water partition coefficient (Wildman–Crippen LogP) is 2.36. The Kier molecular flexibility index (Phi) is 4.27. The molecule has 104 valence electrons. The maximum Gasteiger partial charge on any atom is 0.291 e. The molecule has 0 atom stereocenters. The molecule has 2 rings (SSSR count). The number of allylic oxidation sites excluding steroid dienone is 2. The van der Waals surface area contributed by atoms with Crippen LogP contribution in [0.3, 0.4) is 0 Å². The minimum atomic E-state index is -0.401. The van der Waals surface area contributed by atoms with Crippen LogP contribution in [0.2, 0.25) is 0 Å². The minimum absolute atomic E-state index is 0.0791. The molecule has 1 heterocycles. The highest BCUT2D eigenvalue weighted by atomic mass is 16.6. The van der Waals surface area contributed by atoms with E-state index in [1.54, 1.807) is 13.8 Å². The summed E-state index contributed by atoms with van der Waals surface area (Å²) in [6, 6.07) is 9.26. The number of hydrogen-bond donors (Lipinski definition) is 1. The van der Waals surface area contributed by atoms with Crippen LogP contribution in [0.5, 0.6) is 0 Å². The molecule has 0 radical (unpaired) electrons. The summed E-state index contributed by atoms with van der Waals surface area (Å²) in [5.74, 6) is -0.175. The molecule has 0 aliphatic heterocycles. The van der Waals surface area contributed by atoms with Gasteiger partial charge in [0.2, 0.25) is 5.89 Å². The number of benzene rings is 1. The lowest BCUT2D eigenvalue weighted by Gasteiger charge is -2.06. The van der Waals surface area contributed by atoms with Crippen LogP contribution >= 0.6 is 0 Å². The van der Waals surface area contributed by atoms with E-state index in [0.29, 0.717) is 5.89 Å². The molecule has 0 amide bonds. The van der Waals surface area contributed by atoms with E-state index in [1.165, 1.54) is 7.11 Å². The van der Waals surface area contributed by atoms with Crippen molar-refractivity contribution in [3.8, 4) is 11.5 Å². The molecule has 0 aliphatic carbocycles. The Balaban J connectivity index is 2.29. The molecule has 0 unspecified atom stereocenters. The van der Waals surface area contributed by atoms with Gasteiger partial charge in [0.05, 0.1) is 7.11 Å². The SMILES string of the molecule is CONC(C(=O)c1nnc(-c2ccccc2)o1)=C(C)C. The Morgan fingerprint density at radius 3 is 2.50 bits per heavy atom. The number of nitrogens with zero attached hydrogens (tertiary/aromatic N) is 2. The van der Waals surface area contributed by atoms with E-state index in [0.717, 1.165) is 11.1 Å². The second kappa shape index (κ2) is 6.12. The van der Waals surface area contributed by atoms with Crippen molar-refractivity contribution in [2.45, 2.75) is 13.8 Å². The zero-order valence-corrected chi connectivity index (χ0v) is 11.5. The lowest BCUT2D eigenvalue weighted by molar-refractivity contribution is 0.0848. The second-order valence-electron chi connectivity index (χ2n) is 4.29. The van der Waals surface area contributed by atoms with Crippen molar-refractivity contribution in [2.75, 3.05) is 7.11 Å². The number of nitrogens with one attached hydrogen (secondary N) is 1. The van der Waals surface area contributed by atoms with Crippen LogP contribution in [-0.4, -0.2) is 23.1 Å². The number of ketones is 1. The molecule has 0 fully saturated rings. The summed E-state index contributed by atoms with van der Waals surface area (Å²) in [4.78, 5) is 17.0. The molecule has 20 heavy (non-hydrogen) atoms. The van der Waals surface area contributed by atoms with Gasteiger partial charge in [0.25, 0.3) is 11.7 Å². The maximum atomic E-state index is 12.2. The van der Waals surface area contributed by atoms with Crippen LogP contribution in [0.4, 0.5) is 0 Å². The van der Waals surface area contributed by atoms with Crippen LogP contribution in [-0.2, 0) is 4.84 Å². The molecular formula is C14H15N3O3. The fraction of sp³-hybridized carbons (Fsp3) is 0.214. The average molecular weight is 273 g/mol. The normalized spacial score (nSPS) is 10.2. The van der Waals surface area contributed by atoms with Crippen molar-refractivity contribution in [1.29, 1.82) is 0 Å². The smallest absolute Gasteiger partial charge is 0.291 e. The van der Waals surface area contributed by atoms with Crippen LogP contribution in [0.15, 0.2) is 46.0 Å². The zero-order valence-electron chi connectivity index (χ0n) is 11.5. The maximum absolute atomic E-state index is 12.2. The molecule has 6 heteroatoms. The molecule has 0 bridgehead atoms. The van der Waals surface area contributed by atoms with Gasteiger partial charge in [0, 0.05) is 5.56 Å². The van der Waals surface area contributed by atoms with E-state index in [2.05, 4.69) is 15.7 Å². The van der Waals surface area contributed by atoms with Crippen molar-refractivity contribution >= 4 is 5.78 Å². The van der Waals surface area contributed by atoms with E-state index in [9.17, 15) is 4.79 Å². The van der Waals surface area contributed by atoms with E-state index in [-0.39, 0.29) is 11.6 Å². The van der Waals surface area contributed by atoms with Crippen LogP contribution in [0.25, 0.3) is 11.5 Å². The summed E-state index contributed by atoms with van der Waals surface area (Å²) >= 11 is 0. The second-order valence-corrected chi connectivity index (χ2v) is 4.29. The molecule has 1 N–H and O–H groups in total. The lowest BCUT2D eigenvalue weighted by Crippen LogP contribution is -2.21. The molecule has 0 aliphatic rings. The Morgan fingerprint density at radius 2 is 1.90 bits per heavy atom. The van der Waals surface area contributed by atoms with E-state index >= 15 is 0 Å². The molecular weight excluding hydrogens is 258 g/mol. The Morgan fingerprint density at radius 1 is 1.20 bits per heavy atom. The molecule has 0 saturated heterocycles. The molecule has 0 spiro atoms. The number of carbonyl (C=O) groups is 1. The molecule has 1 aromatic carbocycles.